The van der Waals surface area contributed by atoms with Crippen LogP contribution in [0.25, 0.3) is 0 Å². The van der Waals surface area contributed by atoms with Crippen LogP contribution in [0, 0.1) is 0 Å². The largest absolute Gasteiger partial charge is 0.501 e. The third-order valence-corrected chi connectivity index (χ3v) is 5.38. The standard InChI is InChI=1S/C16H10ClF3O6S/c17-11-5-9(6-12-14(11)26-8-25-12)7-24-15(21)10-3-1-2-4-13(10)27(22,23)16(18,19)20/h1-6H,7-8H2. The zero-order valence-corrected chi connectivity index (χ0v) is 14.8. The molecule has 0 spiro atoms. The number of alkyl halides is 3. The van der Waals surface area contributed by atoms with Gasteiger partial charge in [0.1, 0.15) is 6.61 Å². The van der Waals surface area contributed by atoms with Crippen molar-refractivity contribution in [3.05, 3.63) is 52.5 Å². The number of hydrogen-bond acceptors (Lipinski definition) is 6. The SMILES string of the molecule is O=C(OCc1cc(Cl)c2c(c1)OCO2)c1ccccc1S(=O)(=O)C(F)(F)F. The quantitative estimate of drug-likeness (QED) is 0.699. The van der Waals surface area contributed by atoms with E-state index in [4.69, 9.17) is 25.8 Å². The Morgan fingerprint density at radius 2 is 1.89 bits per heavy atom. The number of esters is 1. The van der Waals surface area contributed by atoms with Crippen LogP contribution >= 0.6 is 11.6 Å². The molecular formula is C16H10ClF3O6S. The Labute approximate surface area is 156 Å². The zero-order chi connectivity index (χ0) is 19.8. The lowest BCUT2D eigenvalue weighted by atomic mass is 10.2. The van der Waals surface area contributed by atoms with Crippen LogP contribution in [0.3, 0.4) is 0 Å². The van der Waals surface area contributed by atoms with E-state index in [-0.39, 0.29) is 18.4 Å². The summed E-state index contributed by atoms with van der Waals surface area (Å²) >= 11 is 5.99. The molecule has 0 N–H and O–H groups in total. The van der Waals surface area contributed by atoms with Gasteiger partial charge in [-0.25, -0.2) is 13.2 Å². The number of carbonyl (C=O) groups excluding carboxylic acids is 1. The van der Waals surface area contributed by atoms with Gasteiger partial charge in [-0.15, -0.1) is 0 Å². The summed E-state index contributed by atoms with van der Waals surface area (Å²) in [6.45, 7) is -0.392. The average Bonchev–Trinajstić information content (AvgIpc) is 3.08. The second-order valence-corrected chi connectivity index (χ2v) is 7.65. The molecular weight excluding hydrogens is 413 g/mol. The van der Waals surface area contributed by atoms with E-state index in [1.54, 1.807) is 0 Å². The molecule has 144 valence electrons. The van der Waals surface area contributed by atoms with Gasteiger partial charge in [0.25, 0.3) is 9.84 Å². The van der Waals surface area contributed by atoms with Crippen molar-refractivity contribution in [1.29, 1.82) is 0 Å². The molecule has 2 aromatic rings. The number of rotatable bonds is 4. The molecule has 11 heteroatoms. The van der Waals surface area contributed by atoms with Gasteiger partial charge in [-0.05, 0) is 29.8 Å². The van der Waals surface area contributed by atoms with Crippen LogP contribution in [0.5, 0.6) is 11.5 Å². The number of hydrogen-bond donors (Lipinski definition) is 0. The first-order valence-electron chi connectivity index (χ1n) is 7.27. The maximum atomic E-state index is 12.8. The Bertz CT molecular complexity index is 1000. The summed E-state index contributed by atoms with van der Waals surface area (Å²) in [4.78, 5) is 11.0. The molecule has 1 aliphatic rings. The molecule has 0 saturated carbocycles. The Balaban J connectivity index is 1.83. The van der Waals surface area contributed by atoms with Crippen LogP contribution in [0.4, 0.5) is 13.2 Å². The summed E-state index contributed by atoms with van der Waals surface area (Å²) in [6, 6.07) is 6.85. The van der Waals surface area contributed by atoms with Crippen molar-refractivity contribution < 1.29 is 40.6 Å². The van der Waals surface area contributed by atoms with Crippen LogP contribution in [-0.4, -0.2) is 26.7 Å². The molecule has 0 saturated heterocycles. The number of ether oxygens (including phenoxy) is 3. The second-order valence-electron chi connectivity index (χ2n) is 5.33. The Morgan fingerprint density at radius 1 is 1.19 bits per heavy atom. The lowest BCUT2D eigenvalue weighted by Gasteiger charge is -2.12. The Hall–Kier alpha value is -2.46. The highest BCUT2D eigenvalue weighted by Gasteiger charge is 2.48. The van der Waals surface area contributed by atoms with Gasteiger partial charge in [0.2, 0.25) is 6.79 Å². The number of fused-ring (bicyclic) bond motifs is 1. The molecule has 27 heavy (non-hydrogen) atoms. The first kappa shape index (κ1) is 19.3. The molecule has 0 unspecified atom stereocenters. The lowest BCUT2D eigenvalue weighted by molar-refractivity contribution is -0.0436. The summed E-state index contributed by atoms with van der Waals surface area (Å²) in [6.07, 6.45) is 0. The average molecular weight is 423 g/mol. The first-order chi connectivity index (χ1) is 12.6. The van der Waals surface area contributed by atoms with Gasteiger partial charge in [-0.1, -0.05) is 23.7 Å². The molecule has 0 amide bonds. The predicted molar refractivity (Wildman–Crippen MR) is 86.4 cm³/mol. The van der Waals surface area contributed by atoms with E-state index in [2.05, 4.69) is 0 Å². The van der Waals surface area contributed by atoms with Crippen LogP contribution in [0.2, 0.25) is 5.02 Å². The maximum Gasteiger partial charge on any atom is 0.501 e. The van der Waals surface area contributed by atoms with E-state index >= 15 is 0 Å². The van der Waals surface area contributed by atoms with Gasteiger partial charge >= 0.3 is 11.5 Å². The van der Waals surface area contributed by atoms with Gasteiger partial charge < -0.3 is 14.2 Å². The van der Waals surface area contributed by atoms with Gasteiger partial charge in [-0.2, -0.15) is 13.2 Å². The summed E-state index contributed by atoms with van der Waals surface area (Å²) in [5, 5.41) is 0.205. The third-order valence-electron chi connectivity index (χ3n) is 3.56. The highest BCUT2D eigenvalue weighted by atomic mass is 35.5. The first-order valence-corrected chi connectivity index (χ1v) is 9.13. The molecule has 3 rings (SSSR count). The fraction of sp³-hybridized carbons (Fsp3) is 0.188. The van der Waals surface area contributed by atoms with E-state index < -0.39 is 31.8 Å². The Morgan fingerprint density at radius 3 is 2.59 bits per heavy atom. The second kappa shape index (κ2) is 6.93. The number of sulfone groups is 1. The van der Waals surface area contributed by atoms with Gasteiger partial charge in [0.15, 0.2) is 11.5 Å². The summed E-state index contributed by atoms with van der Waals surface area (Å²) in [5.41, 5.74) is -5.88. The van der Waals surface area contributed by atoms with Crippen molar-refractivity contribution >= 4 is 27.4 Å². The number of benzene rings is 2. The monoisotopic (exact) mass is 422 g/mol. The predicted octanol–water partition coefficient (Wildman–Crippen LogP) is 3.72. The van der Waals surface area contributed by atoms with Crippen molar-refractivity contribution in [2.75, 3.05) is 6.79 Å². The molecule has 1 heterocycles. The minimum Gasteiger partial charge on any atom is -0.457 e. The summed E-state index contributed by atoms with van der Waals surface area (Å²) in [7, 11) is -5.71. The molecule has 0 aliphatic carbocycles. The summed E-state index contributed by atoms with van der Waals surface area (Å²) < 4.78 is 76.9. The van der Waals surface area contributed by atoms with E-state index in [0.717, 1.165) is 12.1 Å². The van der Waals surface area contributed by atoms with E-state index in [9.17, 15) is 26.4 Å². The van der Waals surface area contributed by atoms with Crippen LogP contribution in [0.1, 0.15) is 15.9 Å². The highest BCUT2D eigenvalue weighted by Crippen LogP contribution is 2.40. The van der Waals surface area contributed by atoms with Crippen molar-refractivity contribution in [1.82, 2.24) is 0 Å². The molecule has 0 fully saturated rings. The minimum atomic E-state index is -5.71. The molecule has 0 atom stereocenters. The molecule has 0 bridgehead atoms. The molecule has 6 nitrogen and oxygen atoms in total. The molecule has 0 radical (unpaired) electrons. The highest BCUT2D eigenvalue weighted by molar-refractivity contribution is 7.92. The van der Waals surface area contributed by atoms with E-state index in [1.807, 2.05) is 0 Å². The Kier molecular flexibility index (Phi) is 4.96. The van der Waals surface area contributed by atoms with Gasteiger partial charge in [0, 0.05) is 0 Å². The topological polar surface area (TPSA) is 78.9 Å². The third kappa shape index (κ3) is 3.67. The van der Waals surface area contributed by atoms with Crippen LogP contribution in [-0.2, 0) is 21.2 Å². The number of carbonyl (C=O) groups is 1. The maximum absolute atomic E-state index is 12.8. The van der Waals surface area contributed by atoms with Gasteiger partial charge in [-0.3, -0.25) is 0 Å². The number of halogens is 4. The molecule has 0 aromatic heterocycles. The van der Waals surface area contributed by atoms with Gasteiger partial charge in [0.05, 0.1) is 15.5 Å². The normalized spacial score (nSPS) is 13.5. The molecule has 1 aliphatic heterocycles. The van der Waals surface area contributed by atoms with Crippen LogP contribution in [0.15, 0.2) is 41.3 Å². The lowest BCUT2D eigenvalue weighted by Crippen LogP contribution is -2.25. The van der Waals surface area contributed by atoms with E-state index in [1.165, 1.54) is 18.2 Å². The fourth-order valence-corrected chi connectivity index (χ4v) is 3.56. The van der Waals surface area contributed by atoms with Crippen molar-refractivity contribution in [3.8, 4) is 11.5 Å². The molecule has 2 aromatic carbocycles. The zero-order valence-electron chi connectivity index (χ0n) is 13.2. The van der Waals surface area contributed by atoms with Crippen molar-refractivity contribution in [3.63, 3.8) is 0 Å². The van der Waals surface area contributed by atoms with E-state index in [0.29, 0.717) is 23.1 Å². The van der Waals surface area contributed by atoms with Crippen molar-refractivity contribution in [2.24, 2.45) is 0 Å². The fourth-order valence-electron chi connectivity index (χ4n) is 2.33. The summed E-state index contributed by atoms with van der Waals surface area (Å²) in [5.74, 6) is -0.575. The minimum absolute atomic E-state index is 0.0268. The smallest absolute Gasteiger partial charge is 0.457 e. The van der Waals surface area contributed by atoms with Crippen molar-refractivity contribution in [2.45, 2.75) is 17.0 Å². The van der Waals surface area contributed by atoms with Crippen LogP contribution < -0.4 is 9.47 Å².